The fourth-order valence-corrected chi connectivity index (χ4v) is 2.47. The lowest BCUT2D eigenvalue weighted by Gasteiger charge is -2.05. The Morgan fingerprint density at radius 1 is 1.19 bits per heavy atom. The molecule has 0 aromatic heterocycles. The summed E-state index contributed by atoms with van der Waals surface area (Å²) in [5.74, 6) is 0.0994. The summed E-state index contributed by atoms with van der Waals surface area (Å²) in [7, 11) is -2.92. The maximum Gasteiger partial charge on any atom is 0.307 e. The highest BCUT2D eigenvalue weighted by Crippen LogP contribution is 1.92. The number of nitrogens with one attached hydrogen (secondary N) is 1. The summed E-state index contributed by atoms with van der Waals surface area (Å²) in [6, 6.07) is 0. The van der Waals surface area contributed by atoms with Gasteiger partial charge in [-0.3, -0.25) is 4.79 Å². The molecule has 0 unspecified atom stereocenters. The molecule has 16 heavy (non-hydrogen) atoms. The number of hydrogen-bond acceptors (Lipinski definition) is 5. The van der Waals surface area contributed by atoms with E-state index in [1.807, 2.05) is 6.92 Å². The fraction of sp³-hybridized carbons (Fsp3) is 0.900. The van der Waals surface area contributed by atoms with Crippen molar-refractivity contribution in [3.8, 4) is 0 Å². The van der Waals surface area contributed by atoms with Gasteiger partial charge >= 0.3 is 5.97 Å². The average molecular weight is 251 g/mol. The largest absolute Gasteiger partial charge is 0.466 e. The molecule has 0 aromatic carbocycles. The topological polar surface area (TPSA) is 72.5 Å². The second-order valence-corrected chi connectivity index (χ2v) is 5.76. The summed E-state index contributed by atoms with van der Waals surface area (Å²) in [6.07, 6.45) is 0.923. The molecule has 0 radical (unpaired) electrons. The van der Waals surface area contributed by atoms with Gasteiger partial charge in [0.05, 0.1) is 18.8 Å². The summed E-state index contributed by atoms with van der Waals surface area (Å²) < 4.78 is 27.3. The fourth-order valence-electron chi connectivity index (χ4n) is 1.19. The van der Waals surface area contributed by atoms with Crippen LogP contribution in [0, 0.1) is 0 Å². The van der Waals surface area contributed by atoms with E-state index in [0.717, 1.165) is 0 Å². The van der Waals surface area contributed by atoms with Crippen molar-refractivity contribution in [1.82, 2.24) is 5.32 Å². The van der Waals surface area contributed by atoms with Crippen molar-refractivity contribution >= 4 is 15.8 Å². The quantitative estimate of drug-likeness (QED) is 0.473. The predicted octanol–water partition coefficient (Wildman–Crippen LogP) is 0.354. The Labute approximate surface area is 97.5 Å². The zero-order valence-electron chi connectivity index (χ0n) is 9.99. The maximum absolute atomic E-state index is 11.3. The summed E-state index contributed by atoms with van der Waals surface area (Å²) >= 11 is 0. The van der Waals surface area contributed by atoms with Crippen molar-refractivity contribution in [2.75, 3.05) is 31.2 Å². The molecule has 0 fully saturated rings. The first-order valence-electron chi connectivity index (χ1n) is 5.58. The second kappa shape index (κ2) is 8.52. The lowest BCUT2D eigenvalue weighted by molar-refractivity contribution is -0.142. The monoisotopic (exact) mass is 251 g/mol. The van der Waals surface area contributed by atoms with Gasteiger partial charge in [-0.25, -0.2) is 8.42 Å². The molecule has 0 saturated heterocycles. The third kappa shape index (κ3) is 8.67. The number of carbonyl (C=O) groups is 1. The summed E-state index contributed by atoms with van der Waals surface area (Å²) in [6.45, 7) is 4.82. The van der Waals surface area contributed by atoms with E-state index in [4.69, 9.17) is 4.74 Å². The van der Waals surface area contributed by atoms with Gasteiger partial charge < -0.3 is 10.1 Å². The number of sulfone groups is 1. The zero-order chi connectivity index (χ0) is 12.4. The van der Waals surface area contributed by atoms with E-state index in [1.54, 1.807) is 6.92 Å². The number of carbonyl (C=O) groups excluding carboxylic acids is 1. The Bertz CT molecular complexity index is 287. The minimum atomic E-state index is -2.92. The van der Waals surface area contributed by atoms with E-state index in [9.17, 15) is 13.2 Å². The third-order valence-corrected chi connectivity index (χ3v) is 3.77. The summed E-state index contributed by atoms with van der Waals surface area (Å²) in [5.41, 5.74) is 0. The second-order valence-electron chi connectivity index (χ2n) is 3.46. The van der Waals surface area contributed by atoms with Gasteiger partial charge in [-0.15, -0.1) is 0 Å². The highest BCUT2D eigenvalue weighted by Gasteiger charge is 2.08. The lowest BCUT2D eigenvalue weighted by atomic mass is 10.4. The third-order valence-electron chi connectivity index (χ3n) is 1.92. The molecule has 5 nitrogen and oxygen atoms in total. The van der Waals surface area contributed by atoms with Gasteiger partial charge in [0.15, 0.2) is 9.84 Å². The number of esters is 1. The highest BCUT2D eigenvalue weighted by molar-refractivity contribution is 7.91. The first-order valence-corrected chi connectivity index (χ1v) is 7.40. The predicted molar refractivity (Wildman–Crippen MR) is 63.1 cm³/mol. The molecular formula is C10H21NO4S. The van der Waals surface area contributed by atoms with Crippen LogP contribution < -0.4 is 5.32 Å². The van der Waals surface area contributed by atoms with Crippen LogP contribution in [0.15, 0.2) is 0 Å². The van der Waals surface area contributed by atoms with E-state index in [0.29, 0.717) is 26.1 Å². The first kappa shape index (κ1) is 15.4. The SMILES string of the molecule is CCCS(=O)(=O)CCNCCC(=O)OCC. The standard InChI is InChI=1S/C10H21NO4S/c1-3-8-16(13,14)9-7-11-6-5-10(12)15-4-2/h11H,3-9H2,1-2H3. The Hall–Kier alpha value is -0.620. The molecule has 0 spiro atoms. The normalized spacial score (nSPS) is 11.4. The van der Waals surface area contributed by atoms with Crippen LogP contribution in [-0.2, 0) is 19.4 Å². The molecule has 0 bridgehead atoms. The van der Waals surface area contributed by atoms with Crippen LogP contribution in [0.3, 0.4) is 0 Å². The molecule has 0 aromatic rings. The van der Waals surface area contributed by atoms with E-state index in [1.165, 1.54) is 0 Å². The molecule has 0 aliphatic heterocycles. The minimum absolute atomic E-state index is 0.129. The molecule has 0 amide bonds. The molecule has 0 aliphatic carbocycles. The van der Waals surface area contributed by atoms with Crippen LogP contribution in [-0.4, -0.2) is 45.6 Å². The molecule has 0 heterocycles. The van der Waals surface area contributed by atoms with Crippen molar-refractivity contribution in [3.05, 3.63) is 0 Å². The number of ether oxygens (including phenoxy) is 1. The summed E-state index contributed by atoms with van der Waals surface area (Å²) in [5, 5.41) is 2.91. The van der Waals surface area contributed by atoms with Crippen LogP contribution >= 0.6 is 0 Å². The number of rotatable bonds is 9. The van der Waals surface area contributed by atoms with Gasteiger partial charge in [-0.1, -0.05) is 6.92 Å². The lowest BCUT2D eigenvalue weighted by Crippen LogP contribution is -2.26. The minimum Gasteiger partial charge on any atom is -0.466 e. The van der Waals surface area contributed by atoms with E-state index < -0.39 is 9.84 Å². The molecule has 96 valence electrons. The number of hydrogen-bond donors (Lipinski definition) is 1. The van der Waals surface area contributed by atoms with Gasteiger partial charge in [0.2, 0.25) is 0 Å². The van der Waals surface area contributed by atoms with Crippen LogP contribution in [0.4, 0.5) is 0 Å². The van der Waals surface area contributed by atoms with Crippen molar-refractivity contribution in [2.24, 2.45) is 0 Å². The van der Waals surface area contributed by atoms with Gasteiger partial charge in [0.25, 0.3) is 0 Å². The zero-order valence-corrected chi connectivity index (χ0v) is 10.8. The molecule has 0 saturated carbocycles. The van der Waals surface area contributed by atoms with Crippen LogP contribution in [0.5, 0.6) is 0 Å². The van der Waals surface area contributed by atoms with Crippen LogP contribution in [0.1, 0.15) is 26.7 Å². The van der Waals surface area contributed by atoms with Crippen molar-refractivity contribution in [2.45, 2.75) is 26.7 Å². The van der Waals surface area contributed by atoms with Crippen molar-refractivity contribution < 1.29 is 17.9 Å². The van der Waals surface area contributed by atoms with Gasteiger partial charge in [-0.2, -0.15) is 0 Å². The van der Waals surface area contributed by atoms with Crippen molar-refractivity contribution in [3.63, 3.8) is 0 Å². The smallest absolute Gasteiger partial charge is 0.307 e. The molecule has 0 aliphatic rings. The van der Waals surface area contributed by atoms with Crippen molar-refractivity contribution in [1.29, 1.82) is 0 Å². The maximum atomic E-state index is 11.3. The molecule has 0 atom stereocenters. The molecule has 6 heteroatoms. The van der Waals surface area contributed by atoms with E-state index in [2.05, 4.69) is 5.32 Å². The van der Waals surface area contributed by atoms with Gasteiger partial charge in [-0.05, 0) is 13.3 Å². The Morgan fingerprint density at radius 2 is 1.88 bits per heavy atom. The van der Waals surface area contributed by atoms with Gasteiger partial charge in [0.1, 0.15) is 0 Å². The highest BCUT2D eigenvalue weighted by atomic mass is 32.2. The van der Waals surface area contributed by atoms with E-state index in [-0.39, 0.29) is 23.9 Å². The van der Waals surface area contributed by atoms with Crippen LogP contribution in [0.2, 0.25) is 0 Å². The van der Waals surface area contributed by atoms with Gasteiger partial charge in [0, 0.05) is 18.8 Å². The Morgan fingerprint density at radius 3 is 2.44 bits per heavy atom. The molecule has 1 N–H and O–H groups in total. The van der Waals surface area contributed by atoms with Crippen LogP contribution in [0.25, 0.3) is 0 Å². The summed E-state index contributed by atoms with van der Waals surface area (Å²) in [4.78, 5) is 10.9. The Kier molecular flexibility index (Phi) is 8.19. The Balaban J connectivity index is 3.50. The molecule has 0 rings (SSSR count). The van der Waals surface area contributed by atoms with E-state index >= 15 is 0 Å². The average Bonchev–Trinajstić information content (AvgIpc) is 2.17. The molecular weight excluding hydrogens is 230 g/mol. The first-order chi connectivity index (χ1) is 7.52.